The average molecular weight is 257 g/mol. The molecule has 1 unspecified atom stereocenters. The van der Waals surface area contributed by atoms with Crippen LogP contribution in [0.4, 0.5) is 4.79 Å². The van der Waals surface area contributed by atoms with Crippen molar-refractivity contribution in [2.24, 2.45) is 0 Å². The van der Waals surface area contributed by atoms with Crippen LogP contribution in [0.1, 0.15) is 31.4 Å². The molecule has 0 bridgehead atoms. The fourth-order valence-electron chi connectivity index (χ4n) is 2.11. The van der Waals surface area contributed by atoms with Gasteiger partial charge in [-0.2, -0.15) is 5.26 Å². The second-order valence-corrected chi connectivity index (χ2v) is 4.78. The lowest BCUT2D eigenvalue weighted by Gasteiger charge is -2.30. The zero-order valence-electron chi connectivity index (χ0n) is 10.9. The number of imide groups is 1. The number of nitriles is 1. The first-order valence-electron chi connectivity index (χ1n) is 6.13. The summed E-state index contributed by atoms with van der Waals surface area (Å²) in [5.41, 5.74) is 0.665. The fourth-order valence-corrected chi connectivity index (χ4v) is 2.11. The maximum absolute atomic E-state index is 11.8. The van der Waals surface area contributed by atoms with Crippen LogP contribution in [0.25, 0.3) is 0 Å². The van der Waals surface area contributed by atoms with Crippen molar-refractivity contribution in [2.45, 2.75) is 32.4 Å². The predicted molar refractivity (Wildman–Crippen MR) is 68.9 cm³/mol. The highest BCUT2D eigenvalue weighted by Crippen LogP contribution is 2.27. The van der Waals surface area contributed by atoms with Gasteiger partial charge in [0, 0.05) is 6.54 Å². The highest BCUT2D eigenvalue weighted by atomic mass is 16.2. The van der Waals surface area contributed by atoms with Crippen molar-refractivity contribution in [1.82, 2.24) is 10.2 Å². The molecule has 1 atom stereocenters. The van der Waals surface area contributed by atoms with E-state index in [9.17, 15) is 9.59 Å². The Morgan fingerprint density at radius 1 is 1.32 bits per heavy atom. The molecule has 2 rings (SSSR count). The van der Waals surface area contributed by atoms with Gasteiger partial charge in [0.05, 0.1) is 11.6 Å². The van der Waals surface area contributed by atoms with Crippen LogP contribution in [0.3, 0.4) is 0 Å². The lowest BCUT2D eigenvalue weighted by Crippen LogP contribution is -2.45. The molecule has 1 aliphatic heterocycles. The van der Waals surface area contributed by atoms with Crippen molar-refractivity contribution in [2.75, 3.05) is 0 Å². The zero-order valence-corrected chi connectivity index (χ0v) is 10.9. The molecule has 19 heavy (non-hydrogen) atoms. The van der Waals surface area contributed by atoms with E-state index >= 15 is 0 Å². The minimum absolute atomic E-state index is 0.256. The van der Waals surface area contributed by atoms with Crippen molar-refractivity contribution >= 4 is 11.9 Å². The fraction of sp³-hybridized carbons (Fsp3) is 0.357. The second kappa shape index (κ2) is 4.73. The molecule has 1 aliphatic rings. The van der Waals surface area contributed by atoms with E-state index in [1.54, 1.807) is 31.2 Å². The third kappa shape index (κ3) is 2.17. The van der Waals surface area contributed by atoms with E-state index in [1.165, 1.54) is 4.90 Å². The van der Waals surface area contributed by atoms with E-state index in [4.69, 9.17) is 5.26 Å². The quantitative estimate of drug-likeness (QED) is 0.839. The molecular weight excluding hydrogens is 242 g/mol. The topological polar surface area (TPSA) is 73.2 Å². The summed E-state index contributed by atoms with van der Waals surface area (Å²) < 4.78 is 0. The highest BCUT2D eigenvalue weighted by molar-refractivity contribution is 6.06. The minimum atomic E-state index is -0.801. The zero-order chi connectivity index (χ0) is 14.0. The number of hydrogen-bond donors (Lipinski definition) is 1. The Labute approximate surface area is 111 Å². The number of rotatable bonds is 3. The van der Waals surface area contributed by atoms with Crippen molar-refractivity contribution in [3.8, 4) is 6.07 Å². The SMILES string of the molecule is CCC1(C)C(=O)NC(=O)N1Cc1ccc(C#N)cc1. The number of nitrogens with zero attached hydrogens (tertiary/aromatic N) is 2. The van der Waals surface area contributed by atoms with Crippen LogP contribution in [-0.2, 0) is 11.3 Å². The van der Waals surface area contributed by atoms with Gasteiger partial charge in [0.15, 0.2) is 0 Å². The second-order valence-electron chi connectivity index (χ2n) is 4.78. The monoisotopic (exact) mass is 257 g/mol. The van der Waals surface area contributed by atoms with Gasteiger partial charge < -0.3 is 4.90 Å². The molecule has 1 aromatic rings. The Kier molecular flexibility index (Phi) is 3.26. The summed E-state index contributed by atoms with van der Waals surface area (Å²) >= 11 is 0. The molecule has 3 amide bonds. The van der Waals surface area contributed by atoms with Crippen LogP contribution in [0.5, 0.6) is 0 Å². The third-order valence-corrected chi connectivity index (χ3v) is 3.66. The molecule has 0 aliphatic carbocycles. The first-order valence-corrected chi connectivity index (χ1v) is 6.13. The van der Waals surface area contributed by atoms with Crippen molar-refractivity contribution < 1.29 is 9.59 Å². The van der Waals surface area contributed by atoms with Gasteiger partial charge in [-0.3, -0.25) is 10.1 Å². The molecule has 1 saturated heterocycles. The maximum atomic E-state index is 11.8. The first kappa shape index (κ1) is 13.1. The molecule has 1 N–H and O–H groups in total. The molecule has 5 heteroatoms. The number of amides is 3. The molecule has 0 aromatic heterocycles. The van der Waals surface area contributed by atoms with E-state index in [1.807, 2.05) is 13.0 Å². The average Bonchev–Trinajstić information content (AvgIpc) is 2.64. The van der Waals surface area contributed by atoms with Crippen LogP contribution < -0.4 is 5.32 Å². The van der Waals surface area contributed by atoms with Crippen LogP contribution in [0.2, 0.25) is 0 Å². The molecular formula is C14H15N3O2. The van der Waals surface area contributed by atoms with E-state index in [2.05, 4.69) is 5.32 Å². The maximum Gasteiger partial charge on any atom is 0.325 e. The molecule has 98 valence electrons. The molecule has 0 saturated carbocycles. The lowest BCUT2D eigenvalue weighted by atomic mass is 9.97. The molecule has 0 radical (unpaired) electrons. The van der Waals surface area contributed by atoms with Gasteiger partial charge in [0.1, 0.15) is 5.54 Å². The standard InChI is InChI=1S/C14H15N3O2/c1-3-14(2)12(18)16-13(19)17(14)9-11-6-4-10(8-15)5-7-11/h4-7H,3,9H2,1-2H3,(H,16,18,19). The highest BCUT2D eigenvalue weighted by Gasteiger charge is 2.47. The van der Waals surface area contributed by atoms with Gasteiger partial charge in [-0.05, 0) is 31.0 Å². The van der Waals surface area contributed by atoms with Gasteiger partial charge >= 0.3 is 6.03 Å². The molecule has 1 fully saturated rings. The van der Waals surface area contributed by atoms with E-state index in [0.717, 1.165) is 5.56 Å². The smallest absolute Gasteiger partial charge is 0.306 e. The summed E-state index contributed by atoms with van der Waals surface area (Å²) in [4.78, 5) is 25.2. The Hall–Kier alpha value is -2.35. The number of nitrogens with one attached hydrogen (secondary N) is 1. The Morgan fingerprint density at radius 2 is 1.95 bits per heavy atom. The van der Waals surface area contributed by atoms with Crippen LogP contribution >= 0.6 is 0 Å². The number of urea groups is 1. The van der Waals surface area contributed by atoms with Gasteiger partial charge in [-0.1, -0.05) is 19.1 Å². The summed E-state index contributed by atoms with van der Waals surface area (Å²) in [6.07, 6.45) is 0.556. The first-order chi connectivity index (χ1) is 9.01. The van der Waals surface area contributed by atoms with Crippen LogP contribution in [0.15, 0.2) is 24.3 Å². The Bertz CT molecular complexity index is 559. The molecule has 0 spiro atoms. The molecule has 1 aromatic carbocycles. The van der Waals surface area contributed by atoms with Gasteiger partial charge in [-0.25, -0.2) is 4.79 Å². The Morgan fingerprint density at radius 3 is 2.47 bits per heavy atom. The number of carbonyl (C=O) groups excluding carboxylic acids is 2. The third-order valence-electron chi connectivity index (χ3n) is 3.66. The number of hydrogen-bond acceptors (Lipinski definition) is 3. The summed E-state index contributed by atoms with van der Waals surface area (Å²) in [7, 11) is 0. The van der Waals surface area contributed by atoms with Crippen molar-refractivity contribution in [3.05, 3.63) is 35.4 Å². The Balaban J connectivity index is 2.23. The van der Waals surface area contributed by atoms with Gasteiger partial charge in [-0.15, -0.1) is 0 Å². The summed E-state index contributed by atoms with van der Waals surface area (Å²) in [5.74, 6) is -0.256. The number of carbonyl (C=O) groups is 2. The van der Waals surface area contributed by atoms with E-state index < -0.39 is 5.54 Å². The van der Waals surface area contributed by atoms with Gasteiger partial charge in [0.2, 0.25) is 0 Å². The van der Waals surface area contributed by atoms with Crippen molar-refractivity contribution in [1.29, 1.82) is 5.26 Å². The van der Waals surface area contributed by atoms with Gasteiger partial charge in [0.25, 0.3) is 5.91 Å². The lowest BCUT2D eigenvalue weighted by molar-refractivity contribution is -0.126. The summed E-state index contributed by atoms with van der Waals surface area (Å²) in [5, 5.41) is 11.1. The summed E-state index contributed by atoms with van der Waals surface area (Å²) in [6, 6.07) is 8.68. The minimum Gasteiger partial charge on any atom is -0.306 e. The largest absolute Gasteiger partial charge is 0.325 e. The van der Waals surface area contributed by atoms with Crippen molar-refractivity contribution in [3.63, 3.8) is 0 Å². The number of benzene rings is 1. The van der Waals surface area contributed by atoms with E-state index in [-0.39, 0.29) is 11.9 Å². The van der Waals surface area contributed by atoms with Crippen LogP contribution in [-0.4, -0.2) is 22.4 Å². The predicted octanol–water partition coefficient (Wildman–Crippen LogP) is 1.78. The normalized spacial score (nSPS) is 22.3. The molecule has 1 heterocycles. The molecule has 5 nitrogen and oxygen atoms in total. The summed E-state index contributed by atoms with van der Waals surface area (Å²) in [6.45, 7) is 3.99. The van der Waals surface area contributed by atoms with Crippen LogP contribution in [0, 0.1) is 11.3 Å². The van der Waals surface area contributed by atoms with E-state index in [0.29, 0.717) is 18.5 Å².